The number of nitrogens with zero attached hydrogens (tertiary/aromatic N) is 1. The predicted molar refractivity (Wildman–Crippen MR) is 106 cm³/mol. The molecule has 25 heavy (non-hydrogen) atoms. The van der Waals surface area contributed by atoms with E-state index in [1.165, 1.54) is 0 Å². The van der Waals surface area contributed by atoms with Gasteiger partial charge in [-0.2, -0.15) is 0 Å². The normalized spacial score (nSPS) is 10.5. The molecule has 0 bridgehead atoms. The monoisotopic (exact) mass is 369 g/mol. The number of halogens is 1. The van der Waals surface area contributed by atoms with Crippen molar-refractivity contribution in [2.75, 3.05) is 5.32 Å². The Bertz CT molecular complexity index is 988. The summed E-state index contributed by atoms with van der Waals surface area (Å²) in [7, 11) is 0. The first kappa shape index (κ1) is 17.3. The van der Waals surface area contributed by atoms with Crippen LogP contribution < -0.4 is 10.6 Å². The van der Waals surface area contributed by atoms with E-state index in [1.54, 1.807) is 18.2 Å². The van der Waals surface area contributed by atoms with Crippen LogP contribution in [0.3, 0.4) is 0 Å². The first-order valence-corrected chi connectivity index (χ1v) is 8.47. The largest absolute Gasteiger partial charge is 0.332 e. The lowest BCUT2D eigenvalue weighted by molar-refractivity contribution is 0.0977. The van der Waals surface area contributed by atoms with E-state index in [2.05, 4.69) is 15.6 Å². The van der Waals surface area contributed by atoms with Crippen molar-refractivity contribution in [1.82, 2.24) is 10.3 Å². The fourth-order valence-electron chi connectivity index (χ4n) is 2.43. The quantitative estimate of drug-likeness (QED) is 0.646. The van der Waals surface area contributed by atoms with Crippen molar-refractivity contribution in [2.45, 2.75) is 13.8 Å². The molecule has 126 valence electrons. The van der Waals surface area contributed by atoms with Gasteiger partial charge >= 0.3 is 0 Å². The van der Waals surface area contributed by atoms with Crippen molar-refractivity contribution < 1.29 is 4.79 Å². The van der Waals surface area contributed by atoms with Crippen molar-refractivity contribution in [3.05, 3.63) is 70.4 Å². The summed E-state index contributed by atoms with van der Waals surface area (Å²) >= 11 is 11.3. The molecule has 2 aromatic carbocycles. The Morgan fingerprint density at radius 2 is 1.92 bits per heavy atom. The van der Waals surface area contributed by atoms with Gasteiger partial charge in [-0.1, -0.05) is 23.7 Å². The maximum atomic E-state index is 12.3. The van der Waals surface area contributed by atoms with Crippen LogP contribution in [0.5, 0.6) is 0 Å². The molecular weight excluding hydrogens is 354 g/mol. The van der Waals surface area contributed by atoms with E-state index in [0.717, 1.165) is 27.8 Å². The number of hydrogen-bond donors (Lipinski definition) is 2. The lowest BCUT2D eigenvalue weighted by atomic mass is 10.1. The van der Waals surface area contributed by atoms with Gasteiger partial charge in [-0.15, -0.1) is 0 Å². The summed E-state index contributed by atoms with van der Waals surface area (Å²) in [5, 5.41) is 7.42. The first-order chi connectivity index (χ1) is 11.9. The molecule has 1 aromatic heterocycles. The Hall–Kier alpha value is -2.50. The molecule has 0 saturated carbocycles. The third kappa shape index (κ3) is 3.95. The zero-order chi connectivity index (χ0) is 18.0. The summed E-state index contributed by atoms with van der Waals surface area (Å²) in [5.41, 5.74) is 3.96. The minimum atomic E-state index is -0.311. The molecule has 2 N–H and O–H groups in total. The molecule has 0 spiro atoms. The molecule has 4 nitrogen and oxygen atoms in total. The topological polar surface area (TPSA) is 54.0 Å². The summed E-state index contributed by atoms with van der Waals surface area (Å²) in [6.07, 6.45) is 0. The number of carbonyl (C=O) groups excluding carboxylic acids is 1. The number of amides is 1. The van der Waals surface area contributed by atoms with Crippen LogP contribution in [-0.2, 0) is 0 Å². The fraction of sp³-hybridized carbons (Fsp3) is 0.105. The fourth-order valence-corrected chi connectivity index (χ4v) is 2.81. The Kier molecular flexibility index (Phi) is 4.97. The summed E-state index contributed by atoms with van der Waals surface area (Å²) in [5.74, 6) is -0.311. The van der Waals surface area contributed by atoms with Gasteiger partial charge in [-0.25, -0.2) is 0 Å². The highest BCUT2D eigenvalue weighted by Gasteiger charge is 2.10. The molecule has 0 aliphatic heterocycles. The molecule has 6 heteroatoms. The van der Waals surface area contributed by atoms with E-state index >= 15 is 0 Å². The van der Waals surface area contributed by atoms with Crippen LogP contribution >= 0.6 is 23.8 Å². The SMILES string of the molecule is Cc1ccc2c(NC(=S)NC(=O)c3ccc(C)c(Cl)c3)cccc2n1. The van der Waals surface area contributed by atoms with E-state index in [4.69, 9.17) is 23.8 Å². The van der Waals surface area contributed by atoms with E-state index in [9.17, 15) is 4.79 Å². The molecule has 3 rings (SSSR count). The third-order valence-corrected chi connectivity index (χ3v) is 4.39. The van der Waals surface area contributed by atoms with Crippen LogP contribution in [0.4, 0.5) is 5.69 Å². The maximum Gasteiger partial charge on any atom is 0.257 e. The summed E-state index contributed by atoms with van der Waals surface area (Å²) in [6, 6.07) is 14.8. The Morgan fingerprint density at radius 1 is 1.12 bits per heavy atom. The van der Waals surface area contributed by atoms with Gasteiger partial charge in [-0.05, 0) is 68.0 Å². The number of nitrogens with one attached hydrogen (secondary N) is 2. The summed E-state index contributed by atoms with van der Waals surface area (Å²) in [4.78, 5) is 16.8. The molecule has 0 aliphatic rings. The van der Waals surface area contributed by atoms with Crippen molar-refractivity contribution in [2.24, 2.45) is 0 Å². The van der Waals surface area contributed by atoms with Crippen LogP contribution in [-0.4, -0.2) is 16.0 Å². The molecule has 3 aromatic rings. The van der Waals surface area contributed by atoms with Crippen molar-refractivity contribution in [3.63, 3.8) is 0 Å². The second-order valence-corrected chi connectivity index (χ2v) is 6.51. The molecule has 1 amide bonds. The highest BCUT2D eigenvalue weighted by atomic mass is 35.5. The average Bonchev–Trinajstić information content (AvgIpc) is 2.57. The molecule has 0 fully saturated rings. The number of anilines is 1. The zero-order valence-electron chi connectivity index (χ0n) is 13.8. The maximum absolute atomic E-state index is 12.3. The van der Waals surface area contributed by atoms with E-state index in [0.29, 0.717) is 10.6 Å². The van der Waals surface area contributed by atoms with Crippen molar-refractivity contribution in [1.29, 1.82) is 0 Å². The zero-order valence-corrected chi connectivity index (χ0v) is 15.3. The van der Waals surface area contributed by atoms with E-state index in [1.807, 2.05) is 44.2 Å². The molecule has 0 atom stereocenters. The highest BCUT2D eigenvalue weighted by molar-refractivity contribution is 7.80. The van der Waals surface area contributed by atoms with Gasteiger partial charge in [0, 0.05) is 27.4 Å². The number of pyridine rings is 1. The number of hydrogen-bond acceptors (Lipinski definition) is 3. The van der Waals surface area contributed by atoms with E-state index in [-0.39, 0.29) is 11.0 Å². The van der Waals surface area contributed by atoms with Gasteiger partial charge < -0.3 is 5.32 Å². The van der Waals surface area contributed by atoms with Gasteiger partial charge in [-0.3, -0.25) is 15.1 Å². The van der Waals surface area contributed by atoms with Crippen LogP contribution in [0.25, 0.3) is 10.9 Å². The van der Waals surface area contributed by atoms with Gasteiger partial charge in [0.1, 0.15) is 0 Å². The lowest BCUT2D eigenvalue weighted by Gasteiger charge is -2.12. The predicted octanol–water partition coefficient (Wildman–Crippen LogP) is 4.63. The lowest BCUT2D eigenvalue weighted by Crippen LogP contribution is -2.34. The van der Waals surface area contributed by atoms with Crippen molar-refractivity contribution in [3.8, 4) is 0 Å². The molecule has 0 unspecified atom stereocenters. The number of aromatic nitrogens is 1. The Balaban J connectivity index is 1.76. The minimum absolute atomic E-state index is 0.217. The van der Waals surface area contributed by atoms with Gasteiger partial charge in [0.15, 0.2) is 5.11 Å². The van der Waals surface area contributed by atoms with Gasteiger partial charge in [0.25, 0.3) is 5.91 Å². The summed E-state index contributed by atoms with van der Waals surface area (Å²) < 4.78 is 0. The number of thiocarbonyl (C=S) groups is 1. The van der Waals surface area contributed by atoms with Crippen molar-refractivity contribution >= 4 is 51.4 Å². The standard InChI is InChI=1S/C19H16ClN3OS/c1-11-6-8-13(10-15(11)20)18(24)23-19(25)22-17-5-3-4-16-14(17)9-7-12(2)21-16/h3-10H,1-2H3,(H2,22,23,24,25). The summed E-state index contributed by atoms with van der Waals surface area (Å²) in [6.45, 7) is 3.82. The Morgan fingerprint density at radius 3 is 2.68 bits per heavy atom. The van der Waals surface area contributed by atoms with Crippen LogP contribution in [0.1, 0.15) is 21.6 Å². The Labute approximate surface area is 156 Å². The minimum Gasteiger partial charge on any atom is -0.332 e. The number of benzene rings is 2. The highest BCUT2D eigenvalue weighted by Crippen LogP contribution is 2.22. The molecular formula is C19H16ClN3OS. The number of rotatable bonds is 2. The second kappa shape index (κ2) is 7.17. The first-order valence-electron chi connectivity index (χ1n) is 7.69. The molecule has 0 saturated heterocycles. The molecule has 0 aliphatic carbocycles. The smallest absolute Gasteiger partial charge is 0.257 e. The van der Waals surface area contributed by atoms with Crippen LogP contribution in [0.2, 0.25) is 5.02 Å². The van der Waals surface area contributed by atoms with Crippen LogP contribution in [0.15, 0.2) is 48.5 Å². The van der Waals surface area contributed by atoms with E-state index < -0.39 is 0 Å². The third-order valence-electron chi connectivity index (χ3n) is 3.78. The van der Waals surface area contributed by atoms with Crippen LogP contribution in [0, 0.1) is 13.8 Å². The number of carbonyl (C=O) groups is 1. The second-order valence-electron chi connectivity index (χ2n) is 5.70. The molecule has 0 radical (unpaired) electrons. The molecule has 1 heterocycles. The number of aryl methyl sites for hydroxylation is 2. The number of fused-ring (bicyclic) bond motifs is 1. The van der Waals surface area contributed by atoms with Gasteiger partial charge in [0.2, 0.25) is 0 Å². The van der Waals surface area contributed by atoms with Gasteiger partial charge in [0.05, 0.1) is 5.52 Å². The average molecular weight is 370 g/mol.